The van der Waals surface area contributed by atoms with Crippen molar-refractivity contribution in [1.82, 2.24) is 10.6 Å². The molecule has 3 heteroatoms. The van der Waals surface area contributed by atoms with Gasteiger partial charge in [0.25, 0.3) is 0 Å². The zero-order chi connectivity index (χ0) is 15.2. The second kappa shape index (κ2) is 12.8. The largest absolute Gasteiger partial charge is 0.330 e. The zero-order valence-electron chi connectivity index (χ0n) is 13.7. The van der Waals surface area contributed by atoms with Gasteiger partial charge < -0.3 is 16.4 Å². The van der Waals surface area contributed by atoms with Crippen LogP contribution in [0.2, 0.25) is 0 Å². The van der Waals surface area contributed by atoms with E-state index in [0.29, 0.717) is 0 Å². The highest BCUT2D eigenvalue weighted by molar-refractivity contribution is 5.22. The van der Waals surface area contributed by atoms with Crippen LogP contribution in [-0.4, -0.2) is 26.2 Å². The number of nitrogens with two attached hydrogens (primary N) is 1. The van der Waals surface area contributed by atoms with Gasteiger partial charge in [-0.05, 0) is 69.4 Å². The molecule has 0 atom stereocenters. The van der Waals surface area contributed by atoms with Gasteiger partial charge in [0.15, 0.2) is 0 Å². The van der Waals surface area contributed by atoms with Crippen molar-refractivity contribution in [2.24, 2.45) is 5.73 Å². The lowest BCUT2D eigenvalue weighted by Gasteiger charge is -2.07. The molecule has 0 aromatic heterocycles. The number of benzene rings is 1. The molecule has 1 aromatic rings. The van der Waals surface area contributed by atoms with Crippen molar-refractivity contribution >= 4 is 0 Å². The molecule has 0 heterocycles. The third-order valence-electron chi connectivity index (χ3n) is 3.78. The third kappa shape index (κ3) is 9.62. The minimum Gasteiger partial charge on any atom is -0.330 e. The van der Waals surface area contributed by atoms with E-state index >= 15 is 0 Å². The second-order valence-corrected chi connectivity index (χ2v) is 5.65. The molecule has 0 unspecified atom stereocenters. The maximum Gasteiger partial charge on any atom is 0.0205 e. The fourth-order valence-corrected chi connectivity index (χ4v) is 2.32. The molecular weight excluding hydrogens is 258 g/mol. The quantitative estimate of drug-likeness (QED) is 0.490. The van der Waals surface area contributed by atoms with Gasteiger partial charge in [0.05, 0.1) is 0 Å². The molecule has 0 aliphatic rings. The number of hydrogen-bond donors (Lipinski definition) is 3. The maximum absolute atomic E-state index is 5.47. The van der Waals surface area contributed by atoms with Crippen LogP contribution in [0.3, 0.4) is 0 Å². The Balaban J connectivity index is 1.88. The van der Waals surface area contributed by atoms with Crippen LogP contribution in [0.4, 0.5) is 0 Å². The van der Waals surface area contributed by atoms with Crippen molar-refractivity contribution < 1.29 is 0 Å². The predicted octanol–water partition coefficient (Wildman–Crippen LogP) is 2.84. The van der Waals surface area contributed by atoms with Crippen molar-refractivity contribution in [3.8, 4) is 0 Å². The molecular formula is C18H33N3. The van der Waals surface area contributed by atoms with Crippen LogP contribution < -0.4 is 16.4 Å². The Morgan fingerprint density at radius 3 is 1.95 bits per heavy atom. The summed E-state index contributed by atoms with van der Waals surface area (Å²) in [7, 11) is 0. The first kappa shape index (κ1) is 18.1. The monoisotopic (exact) mass is 291 g/mol. The van der Waals surface area contributed by atoms with Crippen molar-refractivity contribution in [3.63, 3.8) is 0 Å². The van der Waals surface area contributed by atoms with Crippen molar-refractivity contribution in [2.45, 2.75) is 52.0 Å². The van der Waals surface area contributed by atoms with Gasteiger partial charge in [0, 0.05) is 6.54 Å². The minimum atomic E-state index is 0.826. The predicted molar refractivity (Wildman–Crippen MR) is 92.5 cm³/mol. The summed E-state index contributed by atoms with van der Waals surface area (Å²) in [6.45, 7) is 7.37. The van der Waals surface area contributed by atoms with Crippen molar-refractivity contribution in [1.29, 1.82) is 0 Å². The summed E-state index contributed by atoms with van der Waals surface area (Å²) in [6, 6.07) is 8.92. The molecule has 4 N–H and O–H groups in total. The minimum absolute atomic E-state index is 0.826. The lowest BCUT2D eigenvalue weighted by Crippen LogP contribution is -2.19. The van der Waals surface area contributed by atoms with Crippen LogP contribution in [0.5, 0.6) is 0 Å². The van der Waals surface area contributed by atoms with Gasteiger partial charge in [-0.3, -0.25) is 0 Å². The fraction of sp³-hybridized carbons (Fsp3) is 0.667. The lowest BCUT2D eigenvalue weighted by atomic mass is 10.1. The van der Waals surface area contributed by atoms with Gasteiger partial charge in [-0.1, -0.05) is 37.6 Å². The van der Waals surface area contributed by atoms with Crippen LogP contribution in [0.25, 0.3) is 0 Å². The van der Waals surface area contributed by atoms with Gasteiger partial charge in [-0.25, -0.2) is 0 Å². The van der Waals surface area contributed by atoms with Gasteiger partial charge in [-0.15, -0.1) is 0 Å². The normalized spacial score (nSPS) is 11.0. The van der Waals surface area contributed by atoms with Crippen LogP contribution in [0.15, 0.2) is 24.3 Å². The van der Waals surface area contributed by atoms with E-state index < -0.39 is 0 Å². The topological polar surface area (TPSA) is 50.1 Å². The van der Waals surface area contributed by atoms with Crippen molar-refractivity contribution in [3.05, 3.63) is 35.4 Å². The summed E-state index contributed by atoms with van der Waals surface area (Å²) in [4.78, 5) is 0. The first-order chi connectivity index (χ1) is 10.4. The van der Waals surface area contributed by atoms with E-state index in [4.69, 9.17) is 5.73 Å². The first-order valence-electron chi connectivity index (χ1n) is 8.56. The van der Waals surface area contributed by atoms with Crippen LogP contribution in [-0.2, 0) is 13.0 Å². The van der Waals surface area contributed by atoms with E-state index in [1.165, 1.54) is 36.8 Å². The van der Waals surface area contributed by atoms with Crippen molar-refractivity contribution in [2.75, 3.05) is 26.2 Å². The van der Waals surface area contributed by atoms with E-state index in [0.717, 1.165) is 45.6 Å². The van der Waals surface area contributed by atoms with E-state index in [2.05, 4.69) is 41.8 Å². The summed E-state index contributed by atoms with van der Waals surface area (Å²) in [5.74, 6) is 0. The number of aryl methyl sites for hydroxylation is 1. The van der Waals surface area contributed by atoms with E-state index in [1.807, 2.05) is 0 Å². The van der Waals surface area contributed by atoms with E-state index in [9.17, 15) is 0 Å². The van der Waals surface area contributed by atoms with Crippen LogP contribution in [0, 0.1) is 0 Å². The van der Waals surface area contributed by atoms with Crippen LogP contribution >= 0.6 is 0 Å². The third-order valence-corrected chi connectivity index (χ3v) is 3.78. The average molecular weight is 291 g/mol. The SMILES string of the molecule is CCc1ccc(CNCCCCNCCCCCN)cc1. The second-order valence-electron chi connectivity index (χ2n) is 5.65. The van der Waals surface area contributed by atoms with Gasteiger partial charge in [-0.2, -0.15) is 0 Å². The molecule has 0 saturated carbocycles. The Kier molecular flexibility index (Phi) is 11.1. The standard InChI is InChI=1S/C18H33N3/c1-2-17-8-10-18(11-9-17)16-21-15-7-6-14-20-13-5-3-4-12-19/h8-11,20-21H,2-7,12-16,19H2,1H3. The highest BCUT2D eigenvalue weighted by Gasteiger charge is 1.94. The van der Waals surface area contributed by atoms with Crippen LogP contribution in [0.1, 0.15) is 50.2 Å². The highest BCUT2D eigenvalue weighted by atomic mass is 14.9. The Morgan fingerprint density at radius 1 is 0.762 bits per heavy atom. The number of unbranched alkanes of at least 4 members (excludes halogenated alkanes) is 3. The summed E-state index contributed by atoms with van der Waals surface area (Å²) in [6.07, 6.45) is 7.27. The Morgan fingerprint density at radius 2 is 1.33 bits per heavy atom. The average Bonchev–Trinajstić information content (AvgIpc) is 2.53. The molecule has 0 fully saturated rings. The summed E-state index contributed by atoms with van der Waals surface area (Å²) < 4.78 is 0. The molecule has 0 aliphatic carbocycles. The lowest BCUT2D eigenvalue weighted by molar-refractivity contribution is 0.561. The summed E-state index contributed by atoms with van der Waals surface area (Å²) in [5, 5.41) is 7.01. The maximum atomic E-state index is 5.47. The Hall–Kier alpha value is -0.900. The highest BCUT2D eigenvalue weighted by Crippen LogP contribution is 2.04. The number of nitrogens with one attached hydrogen (secondary N) is 2. The van der Waals surface area contributed by atoms with Gasteiger partial charge in [0.2, 0.25) is 0 Å². The Labute approximate surface area is 130 Å². The number of rotatable bonds is 13. The number of hydrogen-bond acceptors (Lipinski definition) is 3. The molecule has 21 heavy (non-hydrogen) atoms. The molecule has 0 radical (unpaired) electrons. The van der Waals surface area contributed by atoms with E-state index in [-0.39, 0.29) is 0 Å². The zero-order valence-corrected chi connectivity index (χ0v) is 13.7. The molecule has 1 rings (SSSR count). The molecule has 0 amide bonds. The molecule has 0 saturated heterocycles. The summed E-state index contributed by atoms with van der Waals surface area (Å²) >= 11 is 0. The van der Waals surface area contributed by atoms with Gasteiger partial charge in [0.1, 0.15) is 0 Å². The molecule has 0 spiro atoms. The van der Waals surface area contributed by atoms with E-state index in [1.54, 1.807) is 0 Å². The summed E-state index contributed by atoms with van der Waals surface area (Å²) in [5.41, 5.74) is 8.26. The first-order valence-corrected chi connectivity index (χ1v) is 8.56. The van der Waals surface area contributed by atoms with Gasteiger partial charge >= 0.3 is 0 Å². The molecule has 120 valence electrons. The fourth-order valence-electron chi connectivity index (χ4n) is 2.32. The smallest absolute Gasteiger partial charge is 0.0205 e. The molecule has 0 bridgehead atoms. The Bertz CT molecular complexity index is 335. The molecule has 1 aromatic carbocycles. The molecule has 0 aliphatic heterocycles. The molecule has 3 nitrogen and oxygen atoms in total.